The Hall–Kier alpha value is -1.89. The van der Waals surface area contributed by atoms with Gasteiger partial charge < -0.3 is 10.4 Å². The Morgan fingerprint density at radius 3 is 2.50 bits per heavy atom. The van der Waals surface area contributed by atoms with Gasteiger partial charge in [-0.05, 0) is 43.4 Å². The maximum Gasteiger partial charge on any atom is 0.335 e. The van der Waals surface area contributed by atoms with Gasteiger partial charge in [-0.2, -0.15) is 0 Å². The summed E-state index contributed by atoms with van der Waals surface area (Å²) in [6, 6.07) is 6.46. The summed E-state index contributed by atoms with van der Waals surface area (Å²) in [6.07, 6.45) is 3.02. The van der Waals surface area contributed by atoms with Gasteiger partial charge in [-0.25, -0.2) is 13.2 Å². The van der Waals surface area contributed by atoms with Gasteiger partial charge in [0.15, 0.2) is 9.84 Å². The Labute approximate surface area is 129 Å². The summed E-state index contributed by atoms with van der Waals surface area (Å²) in [5.74, 6) is -1.45. The van der Waals surface area contributed by atoms with Gasteiger partial charge in [0, 0.05) is 12.8 Å². The number of carboxylic acids is 1. The maximum absolute atomic E-state index is 12.2. The first-order chi connectivity index (χ1) is 10.3. The van der Waals surface area contributed by atoms with E-state index in [9.17, 15) is 18.0 Å². The zero-order chi connectivity index (χ0) is 16.4. The van der Waals surface area contributed by atoms with Gasteiger partial charge >= 0.3 is 5.97 Å². The zero-order valence-corrected chi connectivity index (χ0v) is 13.1. The molecule has 1 fully saturated rings. The molecule has 0 radical (unpaired) electrons. The number of amides is 1. The molecule has 22 heavy (non-hydrogen) atoms. The average molecular weight is 325 g/mol. The van der Waals surface area contributed by atoms with E-state index in [1.807, 2.05) is 0 Å². The van der Waals surface area contributed by atoms with Crippen LogP contribution in [0.3, 0.4) is 0 Å². The number of rotatable bonds is 6. The second-order valence-corrected chi connectivity index (χ2v) is 7.96. The summed E-state index contributed by atoms with van der Waals surface area (Å²) in [4.78, 5) is 23.1. The first-order valence-corrected chi connectivity index (χ1v) is 8.95. The highest BCUT2D eigenvalue weighted by atomic mass is 32.2. The van der Waals surface area contributed by atoms with Crippen LogP contribution in [0.5, 0.6) is 0 Å². The van der Waals surface area contributed by atoms with Crippen molar-refractivity contribution >= 4 is 21.7 Å². The molecule has 0 aromatic heterocycles. The lowest BCUT2D eigenvalue weighted by Crippen LogP contribution is -2.56. The second-order valence-electron chi connectivity index (χ2n) is 5.63. The van der Waals surface area contributed by atoms with E-state index in [1.54, 1.807) is 18.2 Å². The summed E-state index contributed by atoms with van der Waals surface area (Å²) in [5, 5.41) is 11.6. The molecule has 0 bridgehead atoms. The average Bonchev–Trinajstić information content (AvgIpc) is 2.35. The van der Waals surface area contributed by atoms with Crippen LogP contribution in [0.4, 0.5) is 0 Å². The lowest BCUT2D eigenvalue weighted by Gasteiger charge is -2.38. The molecule has 1 aliphatic rings. The topological polar surface area (TPSA) is 101 Å². The SMILES string of the molecule is CS(=O)(=O)C1(C(=O)NCCc2cccc(C(=O)O)c2)CCC1. The summed E-state index contributed by atoms with van der Waals surface area (Å²) < 4.78 is 22.3. The fourth-order valence-electron chi connectivity index (χ4n) is 2.61. The number of carbonyl (C=O) groups excluding carboxylic acids is 1. The molecular formula is C15H19NO5S. The van der Waals surface area contributed by atoms with E-state index < -0.39 is 26.5 Å². The van der Waals surface area contributed by atoms with Gasteiger partial charge in [-0.15, -0.1) is 0 Å². The molecule has 1 aromatic carbocycles. The number of carbonyl (C=O) groups is 2. The molecule has 0 saturated heterocycles. The van der Waals surface area contributed by atoms with Crippen LogP contribution in [-0.2, 0) is 21.1 Å². The van der Waals surface area contributed by atoms with E-state index in [0.717, 1.165) is 18.2 Å². The predicted octanol–water partition coefficient (Wildman–Crippen LogP) is 1.01. The fourth-order valence-corrected chi connectivity index (χ4v) is 4.04. The summed E-state index contributed by atoms with van der Waals surface area (Å²) in [5.41, 5.74) is 0.970. The van der Waals surface area contributed by atoms with Gasteiger partial charge in [0.1, 0.15) is 4.75 Å². The van der Waals surface area contributed by atoms with Crippen LogP contribution >= 0.6 is 0 Å². The third-order valence-corrected chi connectivity index (χ3v) is 6.17. The number of hydrogen-bond acceptors (Lipinski definition) is 4. The molecule has 0 atom stereocenters. The number of hydrogen-bond donors (Lipinski definition) is 2. The van der Waals surface area contributed by atoms with Gasteiger partial charge in [-0.1, -0.05) is 12.1 Å². The van der Waals surface area contributed by atoms with Crippen molar-refractivity contribution in [3.63, 3.8) is 0 Å². The smallest absolute Gasteiger partial charge is 0.335 e. The van der Waals surface area contributed by atoms with E-state index >= 15 is 0 Å². The van der Waals surface area contributed by atoms with Crippen molar-refractivity contribution < 1.29 is 23.1 Å². The Bertz CT molecular complexity index is 692. The maximum atomic E-state index is 12.2. The third kappa shape index (κ3) is 3.14. The molecule has 1 amide bonds. The Morgan fingerprint density at radius 1 is 1.32 bits per heavy atom. The lowest BCUT2D eigenvalue weighted by atomic mass is 9.83. The molecule has 0 heterocycles. The van der Waals surface area contributed by atoms with Crippen LogP contribution in [-0.4, -0.2) is 42.9 Å². The largest absolute Gasteiger partial charge is 0.478 e. The van der Waals surface area contributed by atoms with Crippen molar-refractivity contribution in [3.8, 4) is 0 Å². The number of aromatic carboxylic acids is 1. The molecule has 1 aliphatic carbocycles. The number of carboxylic acid groups (broad SMARTS) is 1. The van der Waals surface area contributed by atoms with Crippen molar-refractivity contribution in [2.24, 2.45) is 0 Å². The molecular weight excluding hydrogens is 306 g/mol. The monoisotopic (exact) mass is 325 g/mol. The van der Waals surface area contributed by atoms with Gasteiger partial charge in [0.25, 0.3) is 0 Å². The first kappa shape index (κ1) is 16.5. The van der Waals surface area contributed by atoms with Crippen LogP contribution < -0.4 is 5.32 Å². The highest BCUT2D eigenvalue weighted by Crippen LogP contribution is 2.39. The van der Waals surface area contributed by atoms with Crippen LogP contribution in [0.25, 0.3) is 0 Å². The second kappa shape index (κ2) is 6.08. The van der Waals surface area contributed by atoms with Crippen LogP contribution in [0, 0.1) is 0 Å². The molecule has 6 nitrogen and oxygen atoms in total. The van der Waals surface area contributed by atoms with Crippen molar-refractivity contribution in [2.45, 2.75) is 30.4 Å². The Balaban J connectivity index is 1.95. The molecule has 2 N–H and O–H groups in total. The summed E-state index contributed by atoms with van der Waals surface area (Å²) in [6.45, 7) is 0.277. The lowest BCUT2D eigenvalue weighted by molar-refractivity contribution is -0.125. The first-order valence-electron chi connectivity index (χ1n) is 7.06. The standard InChI is InChI=1S/C15H19NO5S/c1-22(20,21)15(7-3-8-15)14(19)16-9-6-11-4-2-5-12(10-11)13(17)18/h2,4-5,10H,3,6-9H2,1H3,(H,16,19)(H,17,18). The van der Waals surface area contributed by atoms with E-state index in [-0.39, 0.29) is 12.1 Å². The van der Waals surface area contributed by atoms with Crippen molar-refractivity contribution in [2.75, 3.05) is 12.8 Å². The van der Waals surface area contributed by atoms with Gasteiger partial charge in [0.05, 0.1) is 5.56 Å². The molecule has 2 rings (SSSR count). The van der Waals surface area contributed by atoms with Gasteiger partial charge in [-0.3, -0.25) is 4.79 Å². The quantitative estimate of drug-likeness (QED) is 0.813. The molecule has 1 saturated carbocycles. The minimum atomic E-state index is -3.43. The van der Waals surface area contributed by atoms with Crippen molar-refractivity contribution in [3.05, 3.63) is 35.4 Å². The highest BCUT2D eigenvalue weighted by Gasteiger charge is 2.52. The molecule has 0 unspecified atom stereocenters. The Kier molecular flexibility index (Phi) is 4.55. The minimum Gasteiger partial charge on any atom is -0.478 e. The van der Waals surface area contributed by atoms with Crippen LogP contribution in [0.1, 0.15) is 35.2 Å². The fraction of sp³-hybridized carbons (Fsp3) is 0.467. The molecule has 120 valence electrons. The summed E-state index contributed by atoms with van der Waals surface area (Å²) >= 11 is 0. The minimum absolute atomic E-state index is 0.190. The van der Waals surface area contributed by atoms with E-state index in [4.69, 9.17) is 5.11 Å². The van der Waals surface area contributed by atoms with Crippen molar-refractivity contribution in [1.82, 2.24) is 5.32 Å². The van der Waals surface area contributed by atoms with Crippen LogP contribution in [0.15, 0.2) is 24.3 Å². The van der Waals surface area contributed by atoms with Crippen LogP contribution in [0.2, 0.25) is 0 Å². The van der Waals surface area contributed by atoms with Crippen molar-refractivity contribution in [1.29, 1.82) is 0 Å². The normalized spacial score (nSPS) is 16.6. The number of sulfone groups is 1. The highest BCUT2D eigenvalue weighted by molar-refractivity contribution is 7.93. The van der Waals surface area contributed by atoms with E-state index in [1.165, 1.54) is 6.07 Å². The summed E-state index contributed by atoms with van der Waals surface area (Å²) in [7, 11) is -3.43. The molecule has 7 heteroatoms. The van der Waals surface area contributed by atoms with Gasteiger partial charge in [0.2, 0.25) is 5.91 Å². The third-order valence-electron chi connectivity index (χ3n) is 4.16. The molecule has 0 spiro atoms. The predicted molar refractivity (Wildman–Crippen MR) is 81.5 cm³/mol. The van der Waals surface area contributed by atoms with E-state index in [2.05, 4.69) is 5.32 Å². The zero-order valence-electron chi connectivity index (χ0n) is 12.3. The number of benzene rings is 1. The number of nitrogens with one attached hydrogen (secondary N) is 1. The van der Waals surface area contributed by atoms with E-state index in [0.29, 0.717) is 19.3 Å². The molecule has 1 aromatic rings. The molecule has 0 aliphatic heterocycles. The Morgan fingerprint density at radius 2 is 2.00 bits per heavy atom.